The Morgan fingerprint density at radius 1 is 1.28 bits per heavy atom. The summed E-state index contributed by atoms with van der Waals surface area (Å²) in [5.74, 6) is -1.40. The van der Waals surface area contributed by atoms with E-state index in [0.29, 0.717) is 6.61 Å². The average molecular weight is 250 g/mol. The Balaban J connectivity index is 3.14. The van der Waals surface area contributed by atoms with Gasteiger partial charge in [-0.1, -0.05) is 51.1 Å². The maximum atomic E-state index is 11.6. The summed E-state index contributed by atoms with van der Waals surface area (Å²) in [4.78, 5) is 11.6. The van der Waals surface area contributed by atoms with Gasteiger partial charge < -0.3 is 9.84 Å². The van der Waals surface area contributed by atoms with Gasteiger partial charge in [-0.25, -0.2) is 0 Å². The van der Waals surface area contributed by atoms with E-state index in [1.54, 1.807) is 7.11 Å². The molecule has 0 aliphatic rings. The van der Waals surface area contributed by atoms with Crippen molar-refractivity contribution in [3.8, 4) is 0 Å². The molecule has 0 saturated carbocycles. The minimum atomic E-state index is -0.793. The SMILES string of the molecule is COC[C@H]([C@@H](C(=O)O)c1ccccc1)C(C)(C)C. The molecule has 2 atom stereocenters. The highest BCUT2D eigenvalue weighted by atomic mass is 16.5. The van der Waals surface area contributed by atoms with Crippen molar-refractivity contribution in [2.75, 3.05) is 13.7 Å². The zero-order chi connectivity index (χ0) is 13.8. The van der Waals surface area contributed by atoms with Crippen LogP contribution in [0.5, 0.6) is 0 Å². The highest BCUT2D eigenvalue weighted by Crippen LogP contribution is 2.38. The van der Waals surface area contributed by atoms with Gasteiger partial charge in [0.25, 0.3) is 0 Å². The van der Waals surface area contributed by atoms with E-state index < -0.39 is 11.9 Å². The summed E-state index contributed by atoms with van der Waals surface area (Å²) in [7, 11) is 1.61. The first-order valence-corrected chi connectivity index (χ1v) is 6.14. The Hall–Kier alpha value is -1.35. The van der Waals surface area contributed by atoms with Gasteiger partial charge in [-0.05, 0) is 11.0 Å². The van der Waals surface area contributed by atoms with E-state index in [2.05, 4.69) is 20.8 Å². The molecule has 1 N–H and O–H groups in total. The van der Waals surface area contributed by atoms with Gasteiger partial charge >= 0.3 is 5.97 Å². The van der Waals surface area contributed by atoms with Gasteiger partial charge in [-0.2, -0.15) is 0 Å². The molecule has 0 aliphatic heterocycles. The molecule has 1 aromatic carbocycles. The predicted octanol–water partition coefficient (Wildman–Crippen LogP) is 3.16. The molecule has 3 heteroatoms. The molecule has 0 aromatic heterocycles. The van der Waals surface area contributed by atoms with E-state index in [0.717, 1.165) is 5.56 Å². The summed E-state index contributed by atoms with van der Waals surface area (Å²) >= 11 is 0. The lowest BCUT2D eigenvalue weighted by atomic mass is 9.71. The van der Waals surface area contributed by atoms with E-state index in [4.69, 9.17) is 4.74 Å². The molecular weight excluding hydrogens is 228 g/mol. The largest absolute Gasteiger partial charge is 0.481 e. The van der Waals surface area contributed by atoms with Crippen molar-refractivity contribution in [1.82, 2.24) is 0 Å². The quantitative estimate of drug-likeness (QED) is 0.873. The number of carboxylic acids is 1. The van der Waals surface area contributed by atoms with Crippen LogP contribution in [0.1, 0.15) is 32.3 Å². The van der Waals surface area contributed by atoms with Crippen LogP contribution in [0.15, 0.2) is 30.3 Å². The van der Waals surface area contributed by atoms with Crippen LogP contribution in [0.25, 0.3) is 0 Å². The lowest BCUT2D eigenvalue weighted by Crippen LogP contribution is -2.34. The Labute approximate surface area is 109 Å². The molecular formula is C15H22O3. The van der Waals surface area contributed by atoms with Crippen LogP contribution in [0, 0.1) is 11.3 Å². The molecule has 18 heavy (non-hydrogen) atoms. The maximum absolute atomic E-state index is 11.6. The molecule has 0 bridgehead atoms. The van der Waals surface area contributed by atoms with Crippen LogP contribution in [0.2, 0.25) is 0 Å². The van der Waals surface area contributed by atoms with Crippen molar-refractivity contribution in [2.45, 2.75) is 26.7 Å². The normalized spacial score (nSPS) is 15.1. The predicted molar refractivity (Wildman–Crippen MR) is 71.6 cm³/mol. The first-order valence-electron chi connectivity index (χ1n) is 6.14. The third-order valence-electron chi connectivity index (χ3n) is 3.29. The standard InChI is InChI=1S/C15H22O3/c1-15(2,3)12(10-18-4)13(14(16)17)11-8-6-5-7-9-11/h5-9,12-13H,10H2,1-4H3,(H,16,17)/t12-,13+/m1/s1. The number of rotatable bonds is 5. The van der Waals surface area contributed by atoms with E-state index in [1.165, 1.54) is 0 Å². The van der Waals surface area contributed by atoms with Crippen molar-refractivity contribution in [1.29, 1.82) is 0 Å². The highest BCUT2D eigenvalue weighted by molar-refractivity contribution is 5.76. The van der Waals surface area contributed by atoms with Gasteiger partial charge in [0.1, 0.15) is 0 Å². The summed E-state index contributed by atoms with van der Waals surface area (Å²) in [5, 5.41) is 9.53. The fourth-order valence-corrected chi connectivity index (χ4v) is 2.23. The highest BCUT2D eigenvalue weighted by Gasteiger charge is 2.37. The number of carboxylic acid groups (broad SMARTS) is 1. The average Bonchev–Trinajstić information content (AvgIpc) is 2.28. The van der Waals surface area contributed by atoms with Crippen molar-refractivity contribution >= 4 is 5.97 Å². The molecule has 0 fully saturated rings. The molecule has 0 heterocycles. The molecule has 0 radical (unpaired) electrons. The van der Waals surface area contributed by atoms with Crippen molar-refractivity contribution < 1.29 is 14.6 Å². The molecule has 3 nitrogen and oxygen atoms in total. The fourth-order valence-electron chi connectivity index (χ4n) is 2.23. The van der Waals surface area contributed by atoms with E-state index in [9.17, 15) is 9.90 Å². The molecule has 0 spiro atoms. The smallest absolute Gasteiger partial charge is 0.311 e. The van der Waals surface area contributed by atoms with Gasteiger partial charge in [-0.15, -0.1) is 0 Å². The zero-order valence-electron chi connectivity index (χ0n) is 11.5. The minimum Gasteiger partial charge on any atom is -0.481 e. The minimum absolute atomic E-state index is 0.0672. The van der Waals surface area contributed by atoms with Gasteiger partial charge in [0.05, 0.1) is 12.5 Å². The second-order valence-electron chi connectivity index (χ2n) is 5.65. The topological polar surface area (TPSA) is 46.5 Å². The van der Waals surface area contributed by atoms with Gasteiger partial charge in [0.15, 0.2) is 0 Å². The first-order chi connectivity index (χ1) is 8.38. The van der Waals surface area contributed by atoms with Crippen LogP contribution < -0.4 is 0 Å². The molecule has 0 amide bonds. The van der Waals surface area contributed by atoms with Crippen molar-refractivity contribution in [3.63, 3.8) is 0 Å². The molecule has 0 unspecified atom stereocenters. The molecule has 100 valence electrons. The second kappa shape index (κ2) is 6.01. The van der Waals surface area contributed by atoms with Crippen molar-refractivity contribution in [2.24, 2.45) is 11.3 Å². The summed E-state index contributed by atoms with van der Waals surface area (Å²) < 4.78 is 5.22. The Morgan fingerprint density at radius 3 is 2.22 bits per heavy atom. The third-order valence-corrected chi connectivity index (χ3v) is 3.29. The second-order valence-corrected chi connectivity index (χ2v) is 5.65. The van der Waals surface area contributed by atoms with Crippen LogP contribution in [0.3, 0.4) is 0 Å². The Kier molecular flexibility index (Phi) is 4.91. The van der Waals surface area contributed by atoms with Gasteiger partial charge in [-0.3, -0.25) is 4.79 Å². The number of hydrogen-bond donors (Lipinski definition) is 1. The summed E-state index contributed by atoms with van der Waals surface area (Å²) in [6.45, 7) is 6.59. The summed E-state index contributed by atoms with van der Waals surface area (Å²) in [5.41, 5.74) is 0.705. The third kappa shape index (κ3) is 3.57. The van der Waals surface area contributed by atoms with Gasteiger partial charge in [0.2, 0.25) is 0 Å². The van der Waals surface area contributed by atoms with Crippen molar-refractivity contribution in [3.05, 3.63) is 35.9 Å². The molecule has 0 saturated heterocycles. The van der Waals surface area contributed by atoms with Crippen LogP contribution in [-0.4, -0.2) is 24.8 Å². The number of carbonyl (C=O) groups is 1. The molecule has 1 aromatic rings. The zero-order valence-corrected chi connectivity index (χ0v) is 11.5. The van der Waals surface area contributed by atoms with E-state index in [1.807, 2.05) is 30.3 Å². The first kappa shape index (κ1) is 14.7. The Morgan fingerprint density at radius 2 is 1.83 bits per heavy atom. The maximum Gasteiger partial charge on any atom is 0.311 e. The monoisotopic (exact) mass is 250 g/mol. The van der Waals surface area contributed by atoms with E-state index >= 15 is 0 Å². The number of hydrogen-bond acceptors (Lipinski definition) is 2. The van der Waals surface area contributed by atoms with Gasteiger partial charge in [0, 0.05) is 13.0 Å². The fraction of sp³-hybridized carbons (Fsp3) is 0.533. The van der Waals surface area contributed by atoms with E-state index in [-0.39, 0.29) is 11.3 Å². The van der Waals surface area contributed by atoms with Crippen LogP contribution in [-0.2, 0) is 9.53 Å². The van der Waals surface area contributed by atoms with Crippen LogP contribution >= 0.6 is 0 Å². The summed E-state index contributed by atoms with van der Waals surface area (Å²) in [6.07, 6.45) is 0. The lowest BCUT2D eigenvalue weighted by Gasteiger charge is -2.34. The number of aliphatic carboxylic acids is 1. The number of benzene rings is 1. The Bertz CT molecular complexity index is 378. The number of ether oxygens (including phenoxy) is 1. The molecule has 1 rings (SSSR count). The van der Waals surface area contributed by atoms with Crippen LogP contribution in [0.4, 0.5) is 0 Å². The number of methoxy groups -OCH3 is 1. The summed E-state index contributed by atoms with van der Waals surface area (Å²) in [6, 6.07) is 9.38. The molecule has 0 aliphatic carbocycles. The lowest BCUT2D eigenvalue weighted by molar-refractivity contribution is -0.142.